The normalized spacial score (nSPS) is 16.5. The molecule has 0 aromatic carbocycles. The first kappa shape index (κ1) is 18.0. The highest BCUT2D eigenvalue weighted by atomic mass is 19.4. The number of esters is 1. The molecule has 0 saturated carbocycles. The maximum atomic E-state index is 12.6. The zero-order valence-electron chi connectivity index (χ0n) is 11.1. The van der Waals surface area contributed by atoms with Crippen molar-refractivity contribution in [3.05, 3.63) is 35.5 Å². The van der Waals surface area contributed by atoms with Gasteiger partial charge in [0.15, 0.2) is 0 Å². The van der Waals surface area contributed by atoms with Gasteiger partial charge in [-0.15, -0.1) is 0 Å². The number of alkyl halides is 6. The largest absolute Gasteiger partial charge is 0.437 e. The van der Waals surface area contributed by atoms with Crippen LogP contribution in [0, 0.1) is 0 Å². The molecular formula is C13H10F6O3. The highest BCUT2D eigenvalue weighted by Gasteiger charge is 2.71. The Bertz CT molecular complexity index is 537. The van der Waals surface area contributed by atoms with E-state index in [1.807, 2.05) is 0 Å². The molecule has 0 heterocycles. The first-order chi connectivity index (χ1) is 9.92. The lowest BCUT2D eigenvalue weighted by Gasteiger charge is -2.33. The average Bonchev–Trinajstić information content (AvgIpc) is 2.61. The van der Waals surface area contributed by atoms with Crippen molar-refractivity contribution in [2.45, 2.75) is 31.3 Å². The average molecular weight is 328 g/mol. The van der Waals surface area contributed by atoms with Crippen molar-refractivity contribution in [3.63, 3.8) is 0 Å². The van der Waals surface area contributed by atoms with Gasteiger partial charge < -0.3 is 4.74 Å². The number of hydrogen-bond acceptors (Lipinski definition) is 3. The molecule has 0 aromatic rings. The lowest BCUT2D eigenvalue weighted by molar-refractivity contribution is -0.361. The summed E-state index contributed by atoms with van der Waals surface area (Å²) in [5, 5.41) is 0. The van der Waals surface area contributed by atoms with Gasteiger partial charge in [0.25, 0.3) is 5.60 Å². The standard InChI is InChI=1S/C13H10F6O3/c1-11(12(14,15)16,13(17,18)19)22-10(21)9-4-2-3-8(7-20)5-6-9/h3-7H,2H2,1H3. The number of allylic oxidation sites excluding steroid dienone is 4. The van der Waals surface area contributed by atoms with Crippen LogP contribution in [0.1, 0.15) is 13.3 Å². The first-order valence-corrected chi connectivity index (χ1v) is 5.83. The van der Waals surface area contributed by atoms with Crippen LogP contribution in [0.2, 0.25) is 0 Å². The summed E-state index contributed by atoms with van der Waals surface area (Å²) in [7, 11) is 0. The summed E-state index contributed by atoms with van der Waals surface area (Å²) in [6.45, 7) is -0.263. The van der Waals surface area contributed by atoms with Gasteiger partial charge in [0.1, 0.15) is 6.29 Å². The number of ether oxygens (including phenoxy) is 1. The Kier molecular flexibility index (Phi) is 4.89. The van der Waals surface area contributed by atoms with Crippen molar-refractivity contribution < 1.29 is 40.7 Å². The van der Waals surface area contributed by atoms with Gasteiger partial charge in [0.05, 0.1) is 5.57 Å². The Hall–Kier alpha value is -2.06. The topological polar surface area (TPSA) is 43.4 Å². The van der Waals surface area contributed by atoms with E-state index in [9.17, 15) is 35.9 Å². The molecule has 0 fully saturated rings. The van der Waals surface area contributed by atoms with Crippen LogP contribution in [-0.2, 0) is 14.3 Å². The Balaban J connectivity index is 3.05. The summed E-state index contributed by atoms with van der Waals surface area (Å²) in [4.78, 5) is 22.1. The molecule has 1 aliphatic carbocycles. The minimum absolute atomic E-state index is 0.0136. The van der Waals surface area contributed by atoms with Crippen molar-refractivity contribution >= 4 is 12.3 Å². The predicted molar refractivity (Wildman–Crippen MR) is 62.6 cm³/mol. The van der Waals surface area contributed by atoms with Gasteiger partial charge in [0, 0.05) is 5.57 Å². The monoisotopic (exact) mass is 328 g/mol. The molecule has 0 amide bonds. The van der Waals surface area contributed by atoms with Crippen LogP contribution in [-0.4, -0.2) is 30.2 Å². The number of carbonyl (C=O) groups excluding carboxylic acids is 2. The van der Waals surface area contributed by atoms with E-state index in [0.29, 0.717) is 6.29 Å². The van der Waals surface area contributed by atoms with Crippen LogP contribution < -0.4 is 0 Å². The summed E-state index contributed by atoms with van der Waals surface area (Å²) in [5.41, 5.74) is -5.00. The fraction of sp³-hybridized carbons (Fsp3) is 0.385. The minimum Gasteiger partial charge on any atom is -0.436 e. The Morgan fingerprint density at radius 3 is 2.09 bits per heavy atom. The molecule has 0 atom stereocenters. The van der Waals surface area contributed by atoms with Crippen LogP contribution in [0.4, 0.5) is 26.3 Å². The van der Waals surface area contributed by atoms with Gasteiger partial charge in [-0.25, -0.2) is 4.79 Å². The quantitative estimate of drug-likeness (QED) is 0.453. The third-order valence-corrected chi connectivity index (χ3v) is 2.90. The molecular weight excluding hydrogens is 318 g/mol. The second-order valence-corrected chi connectivity index (χ2v) is 4.47. The molecule has 1 rings (SSSR count). The van der Waals surface area contributed by atoms with E-state index in [-0.39, 0.29) is 18.9 Å². The number of hydrogen-bond donors (Lipinski definition) is 0. The molecule has 0 aliphatic heterocycles. The molecule has 0 unspecified atom stereocenters. The molecule has 0 aromatic heterocycles. The van der Waals surface area contributed by atoms with Gasteiger partial charge in [-0.2, -0.15) is 26.3 Å². The van der Waals surface area contributed by atoms with Gasteiger partial charge in [-0.05, 0) is 19.4 Å². The van der Waals surface area contributed by atoms with Crippen LogP contribution in [0.5, 0.6) is 0 Å². The van der Waals surface area contributed by atoms with E-state index in [4.69, 9.17) is 0 Å². The predicted octanol–water partition coefficient (Wildman–Crippen LogP) is 3.42. The van der Waals surface area contributed by atoms with Crippen molar-refractivity contribution in [1.82, 2.24) is 0 Å². The lowest BCUT2D eigenvalue weighted by Crippen LogP contribution is -2.57. The molecule has 122 valence electrons. The second kappa shape index (κ2) is 5.98. The third-order valence-electron chi connectivity index (χ3n) is 2.90. The zero-order valence-corrected chi connectivity index (χ0v) is 11.1. The molecule has 0 spiro atoms. The smallest absolute Gasteiger partial charge is 0.436 e. The highest BCUT2D eigenvalue weighted by molar-refractivity contribution is 5.93. The molecule has 22 heavy (non-hydrogen) atoms. The molecule has 3 nitrogen and oxygen atoms in total. The van der Waals surface area contributed by atoms with Crippen molar-refractivity contribution in [3.8, 4) is 0 Å². The highest BCUT2D eigenvalue weighted by Crippen LogP contribution is 2.45. The summed E-state index contributed by atoms with van der Waals surface area (Å²) in [5.74, 6) is -1.78. The molecule has 0 bridgehead atoms. The zero-order chi connectivity index (χ0) is 17.2. The van der Waals surface area contributed by atoms with Gasteiger partial charge in [-0.3, -0.25) is 4.79 Å². The third kappa shape index (κ3) is 3.58. The number of aldehydes is 1. The van der Waals surface area contributed by atoms with Gasteiger partial charge >= 0.3 is 18.3 Å². The van der Waals surface area contributed by atoms with E-state index >= 15 is 0 Å². The Labute approximate surface area is 120 Å². The van der Waals surface area contributed by atoms with Gasteiger partial charge in [0.2, 0.25) is 0 Å². The molecule has 9 heteroatoms. The maximum absolute atomic E-state index is 12.6. The lowest BCUT2D eigenvalue weighted by atomic mass is 10.1. The van der Waals surface area contributed by atoms with E-state index < -0.39 is 29.5 Å². The summed E-state index contributed by atoms with van der Waals surface area (Å²) in [6.07, 6.45) is -6.84. The van der Waals surface area contributed by atoms with E-state index in [1.165, 1.54) is 6.08 Å². The van der Waals surface area contributed by atoms with Crippen molar-refractivity contribution in [1.29, 1.82) is 0 Å². The van der Waals surface area contributed by atoms with Crippen LogP contribution >= 0.6 is 0 Å². The summed E-state index contributed by atoms with van der Waals surface area (Å²) in [6, 6.07) is 0. The maximum Gasteiger partial charge on any atom is 0.437 e. The minimum atomic E-state index is -5.83. The Morgan fingerprint density at radius 2 is 1.64 bits per heavy atom. The van der Waals surface area contributed by atoms with Crippen LogP contribution in [0.25, 0.3) is 0 Å². The number of halogens is 6. The first-order valence-electron chi connectivity index (χ1n) is 5.83. The molecule has 0 saturated heterocycles. The number of carbonyl (C=O) groups is 2. The van der Waals surface area contributed by atoms with Crippen molar-refractivity contribution in [2.75, 3.05) is 0 Å². The van der Waals surface area contributed by atoms with Crippen LogP contribution in [0.15, 0.2) is 35.5 Å². The molecule has 0 radical (unpaired) electrons. The van der Waals surface area contributed by atoms with E-state index in [0.717, 1.165) is 18.2 Å². The summed E-state index contributed by atoms with van der Waals surface area (Å²) >= 11 is 0. The fourth-order valence-electron chi connectivity index (χ4n) is 1.40. The van der Waals surface area contributed by atoms with Gasteiger partial charge in [-0.1, -0.05) is 18.2 Å². The number of rotatable bonds is 3. The second-order valence-electron chi connectivity index (χ2n) is 4.47. The molecule has 1 aliphatic rings. The molecule has 0 N–H and O–H groups in total. The SMILES string of the molecule is CC(OC(=O)C1=CCC=C(C=O)C=C1)(C(F)(F)F)C(F)(F)F. The van der Waals surface area contributed by atoms with E-state index in [1.54, 1.807) is 0 Å². The van der Waals surface area contributed by atoms with Crippen LogP contribution in [0.3, 0.4) is 0 Å². The van der Waals surface area contributed by atoms with Crippen molar-refractivity contribution in [2.24, 2.45) is 0 Å². The fourth-order valence-corrected chi connectivity index (χ4v) is 1.40. The van der Waals surface area contributed by atoms with E-state index in [2.05, 4.69) is 4.74 Å². The Morgan fingerprint density at radius 1 is 1.09 bits per heavy atom. The summed E-state index contributed by atoms with van der Waals surface area (Å²) < 4.78 is 79.5.